The molecule has 3 rings (SSSR count). The van der Waals surface area contributed by atoms with E-state index < -0.39 is 10.0 Å². The van der Waals surface area contributed by atoms with Crippen LogP contribution in [-0.4, -0.2) is 21.4 Å². The van der Waals surface area contributed by atoms with Gasteiger partial charge in [0, 0.05) is 18.7 Å². The first-order chi connectivity index (χ1) is 14.4. The number of hydrogen-bond acceptors (Lipinski definition) is 4. The molecule has 0 saturated heterocycles. The number of rotatable bonds is 8. The number of carbonyl (C=O) groups excluding carboxylic acids is 1. The average Bonchev–Trinajstić information content (AvgIpc) is 2.77. The lowest BCUT2D eigenvalue weighted by molar-refractivity contribution is 0.0951. The average molecular weight is 425 g/mol. The van der Waals surface area contributed by atoms with Crippen molar-refractivity contribution in [2.45, 2.75) is 24.9 Å². The molecule has 0 fully saturated rings. The van der Waals surface area contributed by atoms with Crippen molar-refractivity contribution in [2.75, 3.05) is 7.11 Å². The Morgan fingerprint density at radius 1 is 0.833 bits per heavy atom. The molecule has 30 heavy (non-hydrogen) atoms. The van der Waals surface area contributed by atoms with Gasteiger partial charge in [0.1, 0.15) is 5.75 Å². The van der Waals surface area contributed by atoms with Crippen molar-refractivity contribution in [1.29, 1.82) is 0 Å². The summed E-state index contributed by atoms with van der Waals surface area (Å²) >= 11 is 0. The van der Waals surface area contributed by atoms with Crippen LogP contribution < -0.4 is 14.8 Å². The zero-order valence-electron chi connectivity index (χ0n) is 16.9. The van der Waals surface area contributed by atoms with Crippen LogP contribution in [0.15, 0.2) is 77.7 Å². The summed E-state index contributed by atoms with van der Waals surface area (Å²) in [5, 5.41) is 2.86. The number of sulfonamides is 1. The largest absolute Gasteiger partial charge is 0.497 e. The van der Waals surface area contributed by atoms with Gasteiger partial charge in [-0.2, -0.15) is 0 Å². The number of ether oxygens (including phenoxy) is 1. The number of aryl methyl sites for hydroxylation is 1. The third-order valence-corrected chi connectivity index (χ3v) is 6.04. The lowest BCUT2D eigenvalue weighted by Gasteiger charge is -2.09. The van der Waals surface area contributed by atoms with Crippen LogP contribution in [0, 0.1) is 6.92 Å². The molecule has 0 aromatic heterocycles. The molecule has 0 radical (unpaired) electrons. The van der Waals surface area contributed by atoms with E-state index in [1.54, 1.807) is 55.6 Å². The van der Waals surface area contributed by atoms with Crippen molar-refractivity contribution in [2.24, 2.45) is 0 Å². The van der Waals surface area contributed by atoms with Gasteiger partial charge in [-0.3, -0.25) is 4.79 Å². The van der Waals surface area contributed by atoms with Gasteiger partial charge in [-0.05, 0) is 54.4 Å². The first-order valence-corrected chi connectivity index (χ1v) is 10.9. The van der Waals surface area contributed by atoms with Crippen molar-refractivity contribution in [3.8, 4) is 5.75 Å². The predicted octanol–water partition coefficient (Wildman–Crippen LogP) is 3.41. The second-order valence-electron chi connectivity index (χ2n) is 6.87. The van der Waals surface area contributed by atoms with Crippen molar-refractivity contribution >= 4 is 15.9 Å². The number of hydrogen-bond donors (Lipinski definition) is 2. The summed E-state index contributed by atoms with van der Waals surface area (Å²) in [6, 6.07) is 21.0. The number of nitrogens with one attached hydrogen (secondary N) is 2. The van der Waals surface area contributed by atoms with E-state index in [4.69, 9.17) is 4.74 Å². The summed E-state index contributed by atoms with van der Waals surface area (Å²) in [6.07, 6.45) is 0. The number of methoxy groups -OCH3 is 1. The van der Waals surface area contributed by atoms with Crippen LogP contribution in [0.2, 0.25) is 0 Å². The summed E-state index contributed by atoms with van der Waals surface area (Å²) in [4.78, 5) is 12.5. The van der Waals surface area contributed by atoms with Crippen molar-refractivity contribution in [1.82, 2.24) is 10.0 Å². The molecule has 0 aliphatic rings. The lowest BCUT2D eigenvalue weighted by Crippen LogP contribution is -2.23. The van der Waals surface area contributed by atoms with Gasteiger partial charge in [-0.15, -0.1) is 0 Å². The fraction of sp³-hybridized carbons (Fsp3) is 0.174. The molecule has 1 amide bonds. The monoisotopic (exact) mass is 424 g/mol. The SMILES string of the molecule is COc1ccc(C(=O)NCc2ccc(CNS(=O)(=O)c3ccc(C)cc3)cc2)cc1. The van der Waals surface area contributed by atoms with Crippen LogP contribution in [0.3, 0.4) is 0 Å². The third kappa shape index (κ3) is 5.68. The van der Waals surface area contributed by atoms with Gasteiger partial charge in [0.2, 0.25) is 10.0 Å². The fourth-order valence-electron chi connectivity index (χ4n) is 2.78. The Labute approximate surface area is 177 Å². The van der Waals surface area contributed by atoms with E-state index in [0.29, 0.717) is 17.9 Å². The molecule has 156 valence electrons. The number of amides is 1. The molecule has 0 spiro atoms. The Kier molecular flexibility index (Phi) is 6.87. The van der Waals surface area contributed by atoms with Crippen molar-refractivity contribution in [3.05, 3.63) is 95.1 Å². The molecule has 7 heteroatoms. The number of benzene rings is 3. The van der Waals surface area contributed by atoms with Gasteiger partial charge in [-0.25, -0.2) is 13.1 Å². The fourth-order valence-corrected chi connectivity index (χ4v) is 3.80. The van der Waals surface area contributed by atoms with E-state index in [9.17, 15) is 13.2 Å². The molecule has 2 N–H and O–H groups in total. The highest BCUT2D eigenvalue weighted by atomic mass is 32.2. The molecule has 6 nitrogen and oxygen atoms in total. The molecule has 0 atom stereocenters. The first kappa shape index (κ1) is 21.5. The highest BCUT2D eigenvalue weighted by molar-refractivity contribution is 7.89. The highest BCUT2D eigenvalue weighted by Gasteiger charge is 2.13. The Morgan fingerprint density at radius 3 is 1.97 bits per heavy atom. The Balaban J connectivity index is 1.53. The van der Waals surface area contributed by atoms with E-state index in [-0.39, 0.29) is 17.3 Å². The molecule has 0 bridgehead atoms. The molecule has 3 aromatic carbocycles. The predicted molar refractivity (Wildman–Crippen MR) is 116 cm³/mol. The van der Waals surface area contributed by atoms with E-state index in [1.165, 1.54) is 0 Å². The smallest absolute Gasteiger partial charge is 0.251 e. The summed E-state index contributed by atoms with van der Waals surface area (Å²) in [7, 11) is -1.98. The van der Waals surface area contributed by atoms with Gasteiger partial charge in [0.25, 0.3) is 5.91 Å². The van der Waals surface area contributed by atoms with Crippen molar-refractivity contribution < 1.29 is 17.9 Å². The molecule has 0 aliphatic heterocycles. The van der Waals surface area contributed by atoms with E-state index in [2.05, 4.69) is 10.0 Å². The zero-order valence-corrected chi connectivity index (χ0v) is 17.7. The molecule has 0 saturated carbocycles. The molecular formula is C23H24N2O4S. The Hall–Kier alpha value is -3.16. The van der Waals surface area contributed by atoms with Crippen LogP contribution in [-0.2, 0) is 23.1 Å². The van der Waals surface area contributed by atoms with Crippen LogP contribution in [0.1, 0.15) is 27.0 Å². The molecule has 3 aromatic rings. The standard InChI is InChI=1S/C23H24N2O4S/c1-17-3-13-22(14-4-17)30(27,28)25-16-19-7-5-18(6-8-19)15-24-23(26)20-9-11-21(29-2)12-10-20/h3-14,25H,15-16H2,1-2H3,(H,24,26). The Bertz CT molecular complexity index is 1090. The van der Waals surface area contributed by atoms with Gasteiger partial charge < -0.3 is 10.1 Å². The van der Waals surface area contributed by atoms with Gasteiger partial charge in [0.05, 0.1) is 12.0 Å². The second kappa shape index (κ2) is 9.56. The summed E-state index contributed by atoms with van der Waals surface area (Å²) in [6.45, 7) is 2.47. The summed E-state index contributed by atoms with van der Waals surface area (Å²) in [5.74, 6) is 0.521. The zero-order chi connectivity index (χ0) is 21.6. The minimum atomic E-state index is -3.56. The van der Waals surface area contributed by atoms with Crippen LogP contribution in [0.4, 0.5) is 0 Å². The molecule has 0 aliphatic carbocycles. The lowest BCUT2D eigenvalue weighted by atomic mass is 10.1. The molecule has 0 unspecified atom stereocenters. The minimum absolute atomic E-state index is 0.174. The third-order valence-electron chi connectivity index (χ3n) is 4.63. The van der Waals surface area contributed by atoms with Gasteiger partial charge in [-0.1, -0.05) is 42.0 Å². The van der Waals surface area contributed by atoms with Gasteiger partial charge in [0.15, 0.2) is 0 Å². The van der Waals surface area contributed by atoms with E-state index in [0.717, 1.165) is 16.7 Å². The van der Waals surface area contributed by atoms with Crippen LogP contribution in [0.25, 0.3) is 0 Å². The number of carbonyl (C=O) groups is 1. The topological polar surface area (TPSA) is 84.5 Å². The Morgan fingerprint density at radius 2 is 1.40 bits per heavy atom. The van der Waals surface area contributed by atoms with E-state index in [1.807, 2.05) is 31.2 Å². The first-order valence-electron chi connectivity index (χ1n) is 9.44. The summed E-state index contributed by atoms with van der Waals surface area (Å²) < 4.78 is 32.4. The quantitative estimate of drug-likeness (QED) is 0.580. The van der Waals surface area contributed by atoms with Crippen LogP contribution in [0.5, 0.6) is 5.75 Å². The van der Waals surface area contributed by atoms with Crippen LogP contribution >= 0.6 is 0 Å². The van der Waals surface area contributed by atoms with Crippen molar-refractivity contribution in [3.63, 3.8) is 0 Å². The summed E-state index contributed by atoms with van der Waals surface area (Å²) in [5.41, 5.74) is 3.31. The van der Waals surface area contributed by atoms with E-state index >= 15 is 0 Å². The maximum Gasteiger partial charge on any atom is 0.251 e. The maximum atomic E-state index is 12.4. The van der Waals surface area contributed by atoms with Gasteiger partial charge >= 0.3 is 0 Å². The minimum Gasteiger partial charge on any atom is -0.497 e. The maximum absolute atomic E-state index is 12.4. The molecular weight excluding hydrogens is 400 g/mol. The molecule has 0 heterocycles. The normalized spacial score (nSPS) is 11.1. The second-order valence-corrected chi connectivity index (χ2v) is 8.63. The highest BCUT2D eigenvalue weighted by Crippen LogP contribution is 2.13.